The van der Waals surface area contributed by atoms with E-state index in [4.69, 9.17) is 4.74 Å². The van der Waals surface area contributed by atoms with Crippen LogP contribution in [0.2, 0.25) is 0 Å². The summed E-state index contributed by atoms with van der Waals surface area (Å²) in [5.74, 6) is -0.146. The molecule has 0 bridgehead atoms. The Labute approximate surface area is 159 Å². The van der Waals surface area contributed by atoms with E-state index in [2.05, 4.69) is 29.7 Å². The molecule has 0 saturated carbocycles. The predicted molar refractivity (Wildman–Crippen MR) is 103 cm³/mol. The zero-order chi connectivity index (χ0) is 18.9. The highest BCUT2D eigenvalue weighted by Crippen LogP contribution is 2.32. The first kappa shape index (κ1) is 17.8. The van der Waals surface area contributed by atoms with Crippen molar-refractivity contribution >= 4 is 11.6 Å². The van der Waals surface area contributed by atoms with Crippen molar-refractivity contribution in [2.75, 3.05) is 19.8 Å². The first-order valence-electron chi connectivity index (χ1n) is 9.34. The first-order chi connectivity index (χ1) is 13.1. The summed E-state index contributed by atoms with van der Waals surface area (Å²) < 4.78 is 5.39. The van der Waals surface area contributed by atoms with Crippen LogP contribution in [0.5, 0.6) is 0 Å². The zero-order valence-corrected chi connectivity index (χ0v) is 15.4. The molecule has 1 amide bonds. The van der Waals surface area contributed by atoms with E-state index in [0.29, 0.717) is 26.1 Å². The van der Waals surface area contributed by atoms with Gasteiger partial charge in [-0.15, -0.1) is 0 Å². The number of amides is 1. The van der Waals surface area contributed by atoms with E-state index in [9.17, 15) is 9.90 Å². The van der Waals surface area contributed by atoms with Gasteiger partial charge in [0.25, 0.3) is 5.91 Å². The second-order valence-corrected chi connectivity index (χ2v) is 7.27. The third kappa shape index (κ3) is 3.26. The molecular weight excluding hydrogens is 342 g/mol. The quantitative estimate of drug-likeness (QED) is 0.754. The number of nitrogens with zero attached hydrogens (tertiary/aromatic N) is 1. The molecule has 1 aromatic rings. The average Bonchev–Trinajstić information content (AvgIpc) is 3.09. The fourth-order valence-electron chi connectivity index (χ4n) is 3.85. The minimum absolute atomic E-state index is 0.0878. The summed E-state index contributed by atoms with van der Waals surface area (Å²) in [6, 6.07) is 8.13. The van der Waals surface area contributed by atoms with Crippen LogP contribution in [-0.4, -0.2) is 47.4 Å². The Kier molecular flexibility index (Phi) is 4.76. The van der Waals surface area contributed by atoms with Crippen LogP contribution in [0, 0.1) is 6.92 Å². The first-order valence-corrected chi connectivity index (χ1v) is 9.34. The van der Waals surface area contributed by atoms with E-state index in [-0.39, 0.29) is 12.5 Å². The lowest BCUT2D eigenvalue weighted by Gasteiger charge is -2.38. The van der Waals surface area contributed by atoms with Gasteiger partial charge in [0.15, 0.2) is 6.17 Å². The largest absolute Gasteiger partial charge is 0.394 e. The summed E-state index contributed by atoms with van der Waals surface area (Å²) in [6.45, 7) is 3.06. The highest BCUT2D eigenvalue weighted by molar-refractivity contribution is 5.88. The summed E-state index contributed by atoms with van der Waals surface area (Å²) >= 11 is 0. The van der Waals surface area contributed by atoms with E-state index in [1.807, 2.05) is 41.5 Å². The lowest BCUT2D eigenvalue weighted by molar-refractivity contribution is -0.129. The lowest BCUT2D eigenvalue weighted by atomic mass is 9.91. The van der Waals surface area contributed by atoms with Crippen LogP contribution in [0.25, 0.3) is 5.70 Å². The highest BCUT2D eigenvalue weighted by Gasteiger charge is 2.40. The van der Waals surface area contributed by atoms with E-state index >= 15 is 0 Å². The maximum atomic E-state index is 13.1. The summed E-state index contributed by atoms with van der Waals surface area (Å²) in [5, 5.41) is 16.4. The van der Waals surface area contributed by atoms with Crippen molar-refractivity contribution in [3.8, 4) is 0 Å². The number of benzene rings is 1. The molecular formula is C21H25N3O3. The molecule has 27 heavy (non-hydrogen) atoms. The fourth-order valence-corrected chi connectivity index (χ4v) is 3.85. The predicted octanol–water partition coefficient (Wildman–Crippen LogP) is 1.64. The SMILES string of the molecule is Cc1ccccc1C1=C2C=CC=CN2C(C(=O)NC2(CO)CCOCC2)N1. The maximum Gasteiger partial charge on any atom is 0.264 e. The smallest absolute Gasteiger partial charge is 0.264 e. The van der Waals surface area contributed by atoms with E-state index in [1.54, 1.807) is 0 Å². The monoisotopic (exact) mass is 367 g/mol. The van der Waals surface area contributed by atoms with E-state index < -0.39 is 11.7 Å². The van der Waals surface area contributed by atoms with Crippen LogP contribution in [0.4, 0.5) is 0 Å². The Morgan fingerprint density at radius 3 is 2.85 bits per heavy atom. The Morgan fingerprint density at radius 1 is 1.33 bits per heavy atom. The van der Waals surface area contributed by atoms with Crippen molar-refractivity contribution in [2.45, 2.75) is 31.5 Å². The van der Waals surface area contributed by atoms with E-state index in [1.165, 1.54) is 0 Å². The van der Waals surface area contributed by atoms with Gasteiger partial charge in [0.05, 0.1) is 23.5 Å². The molecule has 4 rings (SSSR count). The van der Waals surface area contributed by atoms with Gasteiger partial charge in [0.2, 0.25) is 0 Å². The topological polar surface area (TPSA) is 73.8 Å². The molecule has 0 aliphatic carbocycles. The maximum absolute atomic E-state index is 13.1. The van der Waals surface area contributed by atoms with Crippen LogP contribution >= 0.6 is 0 Å². The molecule has 142 valence electrons. The van der Waals surface area contributed by atoms with Crippen molar-refractivity contribution in [1.82, 2.24) is 15.5 Å². The third-order valence-corrected chi connectivity index (χ3v) is 5.51. The van der Waals surface area contributed by atoms with Gasteiger partial charge in [-0.05, 0) is 37.5 Å². The second-order valence-electron chi connectivity index (χ2n) is 7.27. The summed E-state index contributed by atoms with van der Waals surface area (Å²) in [7, 11) is 0. The number of aryl methyl sites for hydroxylation is 1. The average molecular weight is 367 g/mol. The van der Waals surface area contributed by atoms with Gasteiger partial charge < -0.3 is 25.4 Å². The second kappa shape index (κ2) is 7.21. The van der Waals surface area contributed by atoms with Gasteiger partial charge in [-0.25, -0.2) is 0 Å². The van der Waals surface area contributed by atoms with Crippen molar-refractivity contribution in [3.63, 3.8) is 0 Å². The van der Waals surface area contributed by atoms with Crippen LogP contribution < -0.4 is 10.6 Å². The van der Waals surface area contributed by atoms with Gasteiger partial charge in [-0.3, -0.25) is 4.79 Å². The Bertz CT molecular complexity index is 822. The lowest BCUT2D eigenvalue weighted by Crippen LogP contribution is -2.60. The Morgan fingerprint density at radius 2 is 2.11 bits per heavy atom. The van der Waals surface area contributed by atoms with Crippen molar-refractivity contribution in [3.05, 3.63) is 65.5 Å². The molecule has 0 radical (unpaired) electrons. The molecule has 3 aliphatic heterocycles. The van der Waals surface area contributed by atoms with Crippen molar-refractivity contribution in [1.29, 1.82) is 0 Å². The van der Waals surface area contributed by atoms with Crippen LogP contribution in [0.1, 0.15) is 24.0 Å². The minimum atomic E-state index is -0.613. The van der Waals surface area contributed by atoms with Gasteiger partial charge in [0, 0.05) is 25.0 Å². The number of aliphatic hydroxyl groups is 1. The van der Waals surface area contributed by atoms with Gasteiger partial charge in [-0.1, -0.05) is 30.3 Å². The summed E-state index contributed by atoms with van der Waals surface area (Å²) in [5.41, 5.74) is 3.53. The molecule has 1 aromatic carbocycles. The number of rotatable bonds is 4. The van der Waals surface area contributed by atoms with E-state index in [0.717, 1.165) is 22.5 Å². The summed E-state index contributed by atoms with van der Waals surface area (Å²) in [6.07, 6.45) is 8.49. The number of hydrogen-bond acceptors (Lipinski definition) is 5. The van der Waals surface area contributed by atoms with Crippen molar-refractivity contribution in [2.24, 2.45) is 0 Å². The molecule has 6 nitrogen and oxygen atoms in total. The number of hydrogen-bond donors (Lipinski definition) is 3. The number of ether oxygens (including phenoxy) is 1. The van der Waals surface area contributed by atoms with Crippen molar-refractivity contribution < 1.29 is 14.6 Å². The molecule has 0 spiro atoms. The Balaban J connectivity index is 1.60. The Hall–Kier alpha value is -2.57. The molecule has 3 aliphatic rings. The van der Waals surface area contributed by atoms with Crippen LogP contribution in [0.3, 0.4) is 0 Å². The van der Waals surface area contributed by atoms with Crippen LogP contribution in [0.15, 0.2) is 54.4 Å². The number of carbonyl (C=O) groups excluding carboxylic acids is 1. The minimum Gasteiger partial charge on any atom is -0.394 e. The molecule has 1 unspecified atom stereocenters. The van der Waals surface area contributed by atoms with Crippen LogP contribution in [-0.2, 0) is 9.53 Å². The number of fused-ring (bicyclic) bond motifs is 1. The normalized spacial score (nSPS) is 23.2. The molecule has 1 atom stereocenters. The van der Waals surface area contributed by atoms with Gasteiger partial charge >= 0.3 is 0 Å². The highest BCUT2D eigenvalue weighted by atomic mass is 16.5. The number of nitrogens with one attached hydrogen (secondary N) is 2. The molecule has 1 saturated heterocycles. The molecule has 3 N–H and O–H groups in total. The zero-order valence-electron chi connectivity index (χ0n) is 15.4. The fraction of sp³-hybridized carbons (Fsp3) is 0.381. The van der Waals surface area contributed by atoms with Gasteiger partial charge in [0.1, 0.15) is 0 Å². The number of carbonyl (C=O) groups is 1. The number of aliphatic hydroxyl groups excluding tert-OH is 1. The third-order valence-electron chi connectivity index (χ3n) is 5.51. The molecule has 3 heterocycles. The standard InChI is InChI=1S/C21H25N3O3/c1-15-6-2-3-7-16(15)18-17-8-4-5-11-24(17)19(22-18)20(26)23-21(14-25)9-12-27-13-10-21/h2-8,11,19,22,25H,9-10,12-14H2,1H3,(H,23,26). The number of allylic oxidation sites excluding steroid dienone is 3. The molecule has 6 heteroatoms. The summed E-state index contributed by atoms with van der Waals surface area (Å²) in [4.78, 5) is 15.1. The molecule has 1 fully saturated rings. The molecule has 0 aromatic heterocycles. The van der Waals surface area contributed by atoms with Gasteiger partial charge in [-0.2, -0.15) is 0 Å².